The number of unbranched alkanes of at least 4 members (excludes halogenated alkanes) is 3. The molecule has 0 bridgehead atoms. The van der Waals surface area contributed by atoms with Crippen LogP contribution < -0.4 is 3.71 Å². The van der Waals surface area contributed by atoms with E-state index < -0.39 is 21.1 Å². The molecule has 0 aliphatic heterocycles. The van der Waals surface area contributed by atoms with Crippen molar-refractivity contribution < 1.29 is 0 Å². The number of thioether (sulfide) groups is 1. The standard InChI is InChI=1S/C13H27.C6H7N2S.Sn/c1-4-7-10-13(11-8-5-2)12-9-6-3;1-2-9-6-7-4-3-5-8-6;/h4-12H2,1-3H3;3-4H,2H2,1H3;. The molecule has 0 aromatic carbocycles. The SMILES string of the molecule is CCCC[C](CCCC)(CCCC)[Sn][c]1ccnc(SCC)n1. The van der Waals surface area contributed by atoms with E-state index in [0.29, 0.717) is 3.43 Å². The molecule has 1 heterocycles. The molecule has 0 N–H and O–H groups in total. The average Bonchev–Trinajstić information content (AvgIpc) is 2.57. The second-order valence-electron chi connectivity index (χ2n) is 6.37. The van der Waals surface area contributed by atoms with Crippen LogP contribution in [0.25, 0.3) is 0 Å². The van der Waals surface area contributed by atoms with Crippen molar-refractivity contribution in [3.05, 3.63) is 12.3 Å². The Morgan fingerprint density at radius 3 is 2.00 bits per heavy atom. The molecule has 0 unspecified atom stereocenters. The van der Waals surface area contributed by atoms with Gasteiger partial charge in [0.1, 0.15) is 0 Å². The third-order valence-corrected chi connectivity index (χ3v) is 10.3. The maximum atomic E-state index is 4.90. The Bertz CT molecular complexity index is 404. The fraction of sp³-hybridized carbons (Fsp3) is 0.789. The maximum absolute atomic E-state index is 4.90. The minimum atomic E-state index is -0.704. The molecule has 1 rings (SSSR count). The molecular formula is C19H34N2SSn. The third kappa shape index (κ3) is 8.24. The van der Waals surface area contributed by atoms with E-state index in [1.54, 1.807) is 11.8 Å². The summed E-state index contributed by atoms with van der Waals surface area (Å²) in [6.45, 7) is 9.16. The van der Waals surface area contributed by atoms with Crippen LogP contribution in [0, 0.1) is 0 Å². The van der Waals surface area contributed by atoms with Gasteiger partial charge in [0, 0.05) is 0 Å². The van der Waals surface area contributed by atoms with E-state index in [4.69, 9.17) is 4.98 Å². The Labute approximate surface area is 158 Å². The van der Waals surface area contributed by atoms with Crippen molar-refractivity contribution in [2.24, 2.45) is 0 Å². The molecule has 1 aromatic heterocycles. The number of nitrogens with zero attached hydrogens (tertiary/aromatic N) is 2. The van der Waals surface area contributed by atoms with Crippen LogP contribution in [0.3, 0.4) is 0 Å². The van der Waals surface area contributed by atoms with Crippen LogP contribution in [-0.2, 0) is 0 Å². The molecule has 0 atom stereocenters. The van der Waals surface area contributed by atoms with Gasteiger partial charge in [-0.05, 0) is 0 Å². The van der Waals surface area contributed by atoms with Crippen molar-refractivity contribution in [3.63, 3.8) is 0 Å². The Hall–Kier alpha value is 0.229. The van der Waals surface area contributed by atoms with Crippen LogP contribution in [-0.4, -0.2) is 36.9 Å². The second-order valence-corrected chi connectivity index (χ2v) is 12.8. The summed E-state index contributed by atoms with van der Waals surface area (Å²) in [5.74, 6) is 1.06. The summed E-state index contributed by atoms with van der Waals surface area (Å²) in [5.41, 5.74) is 0. The van der Waals surface area contributed by atoms with E-state index in [-0.39, 0.29) is 0 Å². The van der Waals surface area contributed by atoms with Crippen molar-refractivity contribution in [1.82, 2.24) is 9.97 Å². The summed E-state index contributed by atoms with van der Waals surface area (Å²) in [4.78, 5) is 9.32. The summed E-state index contributed by atoms with van der Waals surface area (Å²) >= 11 is 1.07. The predicted octanol–water partition coefficient (Wildman–Crippen LogP) is 5.65. The fourth-order valence-corrected chi connectivity index (χ4v) is 8.82. The molecule has 0 spiro atoms. The number of hydrogen-bond donors (Lipinski definition) is 0. The molecule has 0 fully saturated rings. The van der Waals surface area contributed by atoms with Crippen molar-refractivity contribution in [3.8, 4) is 0 Å². The molecule has 2 nitrogen and oxygen atoms in total. The quantitative estimate of drug-likeness (QED) is 0.225. The van der Waals surface area contributed by atoms with Gasteiger partial charge in [0.25, 0.3) is 0 Å². The van der Waals surface area contributed by atoms with E-state index in [0.717, 1.165) is 10.9 Å². The monoisotopic (exact) mass is 442 g/mol. The summed E-state index contributed by atoms with van der Waals surface area (Å²) in [6, 6.07) is 2.21. The Morgan fingerprint density at radius 1 is 0.957 bits per heavy atom. The Kier molecular flexibility index (Phi) is 11.6. The first kappa shape index (κ1) is 21.3. The van der Waals surface area contributed by atoms with Crippen molar-refractivity contribution in [2.75, 3.05) is 5.75 Å². The van der Waals surface area contributed by atoms with Gasteiger partial charge in [-0.2, -0.15) is 0 Å². The molecule has 0 aliphatic rings. The van der Waals surface area contributed by atoms with E-state index in [1.807, 2.05) is 6.20 Å². The zero-order valence-electron chi connectivity index (χ0n) is 15.5. The Morgan fingerprint density at radius 2 is 1.52 bits per heavy atom. The fourth-order valence-electron chi connectivity index (χ4n) is 2.99. The van der Waals surface area contributed by atoms with Crippen molar-refractivity contribution in [1.29, 1.82) is 0 Å². The van der Waals surface area contributed by atoms with Gasteiger partial charge < -0.3 is 0 Å². The van der Waals surface area contributed by atoms with Gasteiger partial charge in [-0.1, -0.05) is 0 Å². The first-order chi connectivity index (χ1) is 11.2. The van der Waals surface area contributed by atoms with Crippen LogP contribution in [0.1, 0.15) is 85.5 Å². The molecule has 0 saturated heterocycles. The normalized spacial score (nSPS) is 11.8. The topological polar surface area (TPSA) is 25.8 Å². The van der Waals surface area contributed by atoms with Crippen LogP contribution in [0.5, 0.6) is 0 Å². The summed E-state index contributed by atoms with van der Waals surface area (Å²) in [5, 5.41) is 0.987. The first-order valence-electron chi connectivity index (χ1n) is 9.43. The number of hydrogen-bond acceptors (Lipinski definition) is 3. The minimum absolute atomic E-state index is 0.619. The van der Waals surface area contributed by atoms with Gasteiger partial charge in [-0.15, -0.1) is 0 Å². The molecule has 0 saturated carbocycles. The van der Waals surface area contributed by atoms with Gasteiger partial charge in [0.05, 0.1) is 0 Å². The summed E-state index contributed by atoms with van der Waals surface area (Å²) in [7, 11) is 0. The average molecular weight is 441 g/mol. The van der Waals surface area contributed by atoms with Gasteiger partial charge in [-0.25, -0.2) is 0 Å². The first-order valence-corrected chi connectivity index (χ1v) is 13.3. The van der Waals surface area contributed by atoms with E-state index in [2.05, 4.69) is 38.7 Å². The van der Waals surface area contributed by atoms with Gasteiger partial charge in [0.15, 0.2) is 0 Å². The molecule has 23 heavy (non-hydrogen) atoms. The van der Waals surface area contributed by atoms with Gasteiger partial charge >= 0.3 is 159 Å². The predicted molar refractivity (Wildman–Crippen MR) is 105 cm³/mol. The zero-order valence-corrected chi connectivity index (χ0v) is 19.2. The van der Waals surface area contributed by atoms with Crippen LogP contribution in [0.4, 0.5) is 0 Å². The van der Waals surface area contributed by atoms with Crippen LogP contribution in [0.15, 0.2) is 17.4 Å². The summed E-state index contributed by atoms with van der Waals surface area (Å²) < 4.78 is 2.04. The van der Waals surface area contributed by atoms with E-state index in [9.17, 15) is 0 Å². The molecular weight excluding hydrogens is 407 g/mol. The van der Waals surface area contributed by atoms with E-state index >= 15 is 0 Å². The van der Waals surface area contributed by atoms with E-state index in [1.165, 1.54) is 61.5 Å². The molecule has 2 radical (unpaired) electrons. The molecule has 1 aromatic rings. The number of aromatic nitrogens is 2. The number of rotatable bonds is 13. The van der Waals surface area contributed by atoms with Crippen LogP contribution in [0.2, 0.25) is 3.43 Å². The van der Waals surface area contributed by atoms with Crippen molar-refractivity contribution >= 4 is 36.6 Å². The molecule has 0 aliphatic carbocycles. The van der Waals surface area contributed by atoms with Crippen molar-refractivity contribution in [2.45, 2.75) is 94.1 Å². The Balaban J connectivity index is 2.92. The van der Waals surface area contributed by atoms with Gasteiger partial charge in [0.2, 0.25) is 0 Å². The summed E-state index contributed by atoms with van der Waals surface area (Å²) in [6.07, 6.45) is 14.4. The molecule has 0 amide bonds. The van der Waals surface area contributed by atoms with Gasteiger partial charge in [-0.3, -0.25) is 0 Å². The third-order valence-electron chi connectivity index (χ3n) is 4.33. The molecule has 130 valence electrons. The zero-order chi connectivity index (χ0) is 17.0. The second kappa shape index (κ2) is 12.6. The van der Waals surface area contributed by atoms with Crippen LogP contribution >= 0.6 is 11.8 Å². The molecule has 4 heteroatoms.